The summed E-state index contributed by atoms with van der Waals surface area (Å²) in [5.41, 5.74) is 0. The molecular formula is C69H118O16P2. The Hall–Kier alpha value is -3.79. The first-order valence-corrected chi connectivity index (χ1v) is 36.2. The summed E-state index contributed by atoms with van der Waals surface area (Å²) in [6.07, 6.45) is 68.6. The summed E-state index contributed by atoms with van der Waals surface area (Å²) in [4.78, 5) is 58.2. The van der Waals surface area contributed by atoms with Gasteiger partial charge < -0.3 is 34.2 Å². The lowest BCUT2D eigenvalue weighted by Crippen LogP contribution is -2.30. The number of aliphatic hydroxyl groups is 2. The van der Waals surface area contributed by atoms with Crippen LogP contribution in [0.25, 0.3) is 0 Å². The molecule has 5 unspecified atom stereocenters. The van der Waals surface area contributed by atoms with Gasteiger partial charge in [0.25, 0.3) is 0 Å². The van der Waals surface area contributed by atoms with Crippen LogP contribution in [0.15, 0.2) is 109 Å². The smallest absolute Gasteiger partial charge is 0.463 e. The molecule has 0 aromatic rings. The normalized spacial score (nSPS) is 15.0. The standard InChI is InChI=1S/C69H118O16P2/c1-4-7-10-13-16-19-22-24-26-28-30-31-33-35-36-38-41-43-46-49-52-55-67(72)79-58-64(70)59-81-86(75,76)82-60-65(71)61-83-87(77,78)84-63-66(85-69(74)57-54-51-48-45-40-21-18-15-12-9-6-3)62-80-68(73)56-53-50-47-44-42-39-37-34-32-29-27-25-23-20-17-14-11-8-5-2/h7,10,15-20,24-27,30-32,34-36,64-66,70-71H,4-6,8-9,11-14,21-23,28-29,33,37-63H2,1-3H3,(H,75,76)(H,77,78)/b10-7-,18-15-,19-16-,20-17-,26-24-,27-25-,31-30-,34-32-,36-35-. The molecule has 0 rings (SSSR count). The summed E-state index contributed by atoms with van der Waals surface area (Å²) in [5, 5.41) is 20.5. The van der Waals surface area contributed by atoms with Gasteiger partial charge in [-0.1, -0.05) is 220 Å². The zero-order chi connectivity index (χ0) is 63.8. The van der Waals surface area contributed by atoms with Gasteiger partial charge >= 0.3 is 33.6 Å². The second-order valence-corrected chi connectivity index (χ2v) is 24.8. The van der Waals surface area contributed by atoms with Crippen LogP contribution in [0.3, 0.4) is 0 Å². The third kappa shape index (κ3) is 63.6. The Labute approximate surface area is 526 Å². The zero-order valence-electron chi connectivity index (χ0n) is 53.9. The highest BCUT2D eigenvalue weighted by molar-refractivity contribution is 7.47. The van der Waals surface area contributed by atoms with Crippen LogP contribution in [-0.2, 0) is 55.8 Å². The van der Waals surface area contributed by atoms with Crippen LogP contribution >= 0.6 is 15.6 Å². The van der Waals surface area contributed by atoms with Gasteiger partial charge in [0.05, 0.1) is 26.4 Å². The number of esters is 3. The maximum Gasteiger partial charge on any atom is 0.472 e. The number of unbranched alkanes of at least 4 members (excludes halogenated alkanes) is 21. The first-order chi connectivity index (χ1) is 42.2. The fourth-order valence-electron chi connectivity index (χ4n) is 8.35. The second-order valence-electron chi connectivity index (χ2n) is 21.9. The number of ether oxygens (including phenoxy) is 3. The van der Waals surface area contributed by atoms with Gasteiger partial charge in [0.15, 0.2) is 6.10 Å². The summed E-state index contributed by atoms with van der Waals surface area (Å²) in [5.74, 6) is -1.62. The molecule has 0 fully saturated rings. The minimum Gasteiger partial charge on any atom is -0.463 e. The fourth-order valence-corrected chi connectivity index (χ4v) is 9.93. The van der Waals surface area contributed by atoms with E-state index >= 15 is 0 Å². The summed E-state index contributed by atoms with van der Waals surface area (Å²) in [7, 11) is -9.78. The Morgan fingerprint density at radius 3 is 1.01 bits per heavy atom. The van der Waals surface area contributed by atoms with Crippen LogP contribution in [0, 0.1) is 0 Å². The molecule has 4 N–H and O–H groups in total. The van der Waals surface area contributed by atoms with E-state index in [0.717, 1.165) is 161 Å². The molecular weight excluding hydrogens is 1150 g/mol. The zero-order valence-corrected chi connectivity index (χ0v) is 55.7. The van der Waals surface area contributed by atoms with Gasteiger partial charge in [0.2, 0.25) is 0 Å². The summed E-state index contributed by atoms with van der Waals surface area (Å²) >= 11 is 0. The number of carbonyl (C=O) groups is 3. The third-order valence-corrected chi connectivity index (χ3v) is 15.4. The van der Waals surface area contributed by atoms with E-state index in [-0.39, 0.29) is 19.3 Å². The molecule has 0 heterocycles. The Bertz CT molecular complexity index is 2030. The number of phosphoric ester groups is 2. The molecule has 0 aromatic carbocycles. The number of allylic oxidation sites excluding steroid dienone is 18. The number of rotatable bonds is 62. The van der Waals surface area contributed by atoms with E-state index < -0.39 is 91.5 Å². The molecule has 0 spiro atoms. The minimum absolute atomic E-state index is 0.0890. The van der Waals surface area contributed by atoms with Crippen molar-refractivity contribution in [1.29, 1.82) is 0 Å². The van der Waals surface area contributed by atoms with Gasteiger partial charge in [-0.2, -0.15) is 0 Å². The van der Waals surface area contributed by atoms with Crippen molar-refractivity contribution in [2.45, 2.75) is 270 Å². The summed E-state index contributed by atoms with van der Waals surface area (Å²) in [6.45, 7) is 2.42. The van der Waals surface area contributed by atoms with Gasteiger partial charge in [-0.25, -0.2) is 9.13 Å². The van der Waals surface area contributed by atoms with Crippen LogP contribution < -0.4 is 0 Å². The van der Waals surface area contributed by atoms with Crippen molar-refractivity contribution in [3.63, 3.8) is 0 Å². The van der Waals surface area contributed by atoms with Crippen molar-refractivity contribution >= 4 is 33.6 Å². The Morgan fingerprint density at radius 2 is 0.621 bits per heavy atom. The van der Waals surface area contributed by atoms with Crippen molar-refractivity contribution in [1.82, 2.24) is 0 Å². The number of carbonyl (C=O) groups excluding carboxylic acids is 3. The summed E-state index contributed by atoms with van der Waals surface area (Å²) < 4.78 is 60.7. The first-order valence-electron chi connectivity index (χ1n) is 33.2. The van der Waals surface area contributed by atoms with Crippen molar-refractivity contribution in [2.24, 2.45) is 0 Å². The predicted octanol–water partition coefficient (Wildman–Crippen LogP) is 18.1. The van der Waals surface area contributed by atoms with E-state index in [2.05, 4.69) is 130 Å². The SMILES string of the molecule is CC/C=C\C/C=C\C/C=C\C/C=C\C/C=C\CCCCCCCC(=O)OCC(O)COP(=O)(O)OCC(O)COP(=O)(O)OCC(COC(=O)CCCCCCCC/C=C\C/C=C\C/C=C\CCCCC)OC(=O)CCCCCCC/C=C\CCCC. The van der Waals surface area contributed by atoms with Crippen LogP contribution in [-0.4, -0.2) is 95.9 Å². The van der Waals surface area contributed by atoms with E-state index in [1.807, 2.05) is 0 Å². The molecule has 18 heteroatoms. The van der Waals surface area contributed by atoms with E-state index in [0.29, 0.717) is 19.3 Å². The molecule has 0 aromatic heterocycles. The lowest BCUT2D eigenvalue weighted by Gasteiger charge is -2.21. The lowest BCUT2D eigenvalue weighted by molar-refractivity contribution is -0.161. The molecule has 0 radical (unpaired) electrons. The van der Waals surface area contributed by atoms with Crippen LogP contribution in [0.1, 0.15) is 252 Å². The highest BCUT2D eigenvalue weighted by Crippen LogP contribution is 2.45. The molecule has 0 aliphatic rings. The maximum atomic E-state index is 12.9. The molecule has 0 bridgehead atoms. The molecule has 87 heavy (non-hydrogen) atoms. The quantitative estimate of drug-likeness (QED) is 0.0146. The molecule has 0 amide bonds. The highest BCUT2D eigenvalue weighted by atomic mass is 31.2. The number of hydrogen-bond acceptors (Lipinski definition) is 14. The number of hydrogen-bond donors (Lipinski definition) is 4. The topological polar surface area (TPSA) is 231 Å². The third-order valence-electron chi connectivity index (χ3n) is 13.5. The monoisotopic (exact) mass is 1260 g/mol. The Balaban J connectivity index is 4.62. The largest absolute Gasteiger partial charge is 0.472 e. The molecule has 16 nitrogen and oxygen atoms in total. The molecule has 0 saturated heterocycles. The van der Waals surface area contributed by atoms with Crippen LogP contribution in [0.5, 0.6) is 0 Å². The van der Waals surface area contributed by atoms with Crippen LogP contribution in [0.4, 0.5) is 0 Å². The fraction of sp³-hybridized carbons (Fsp3) is 0.696. The van der Waals surface area contributed by atoms with E-state index in [1.54, 1.807) is 0 Å². The van der Waals surface area contributed by atoms with Gasteiger partial charge in [-0.05, 0) is 122 Å². The molecule has 500 valence electrons. The molecule has 5 atom stereocenters. The second kappa shape index (κ2) is 62.4. The number of aliphatic hydroxyl groups excluding tert-OH is 2. The maximum absolute atomic E-state index is 12.9. The Kier molecular flexibility index (Phi) is 59.7. The number of phosphoric acid groups is 2. The van der Waals surface area contributed by atoms with Crippen LogP contribution in [0.2, 0.25) is 0 Å². The highest BCUT2D eigenvalue weighted by Gasteiger charge is 2.29. The average molecular weight is 1270 g/mol. The van der Waals surface area contributed by atoms with Crippen molar-refractivity contribution in [2.75, 3.05) is 39.6 Å². The van der Waals surface area contributed by atoms with Crippen molar-refractivity contribution < 1.29 is 75.8 Å². The molecule has 0 aliphatic heterocycles. The lowest BCUT2D eigenvalue weighted by atomic mass is 10.1. The molecule has 0 aliphatic carbocycles. The molecule has 0 saturated carbocycles. The van der Waals surface area contributed by atoms with E-state index in [1.165, 1.54) is 32.1 Å². The first kappa shape index (κ1) is 83.2. The van der Waals surface area contributed by atoms with Gasteiger partial charge in [0, 0.05) is 19.3 Å². The Morgan fingerprint density at radius 1 is 0.333 bits per heavy atom. The van der Waals surface area contributed by atoms with E-state index in [4.69, 9.17) is 32.3 Å². The van der Waals surface area contributed by atoms with Crippen molar-refractivity contribution in [3.05, 3.63) is 109 Å². The van der Waals surface area contributed by atoms with Gasteiger partial charge in [0.1, 0.15) is 25.4 Å². The van der Waals surface area contributed by atoms with Gasteiger partial charge in [-0.15, -0.1) is 0 Å². The predicted molar refractivity (Wildman–Crippen MR) is 353 cm³/mol. The average Bonchev–Trinajstić information content (AvgIpc) is 3.57. The summed E-state index contributed by atoms with van der Waals surface area (Å²) in [6, 6.07) is 0. The minimum atomic E-state index is -4.93. The van der Waals surface area contributed by atoms with Crippen molar-refractivity contribution in [3.8, 4) is 0 Å². The van der Waals surface area contributed by atoms with E-state index in [9.17, 15) is 43.5 Å². The van der Waals surface area contributed by atoms with Gasteiger partial charge in [-0.3, -0.25) is 32.5 Å².